The molecule has 0 aliphatic carbocycles. The van der Waals surface area contributed by atoms with Crippen molar-refractivity contribution in [2.45, 2.75) is 26.5 Å². The second kappa shape index (κ2) is 5.98. The summed E-state index contributed by atoms with van der Waals surface area (Å²) in [6, 6.07) is 6.79. The van der Waals surface area contributed by atoms with Crippen LogP contribution in [-0.2, 0) is 11.3 Å². The molecular weight excluding hydrogens is 278 g/mol. The van der Waals surface area contributed by atoms with Crippen LogP contribution in [0.4, 0.5) is 0 Å². The molecule has 17 heavy (non-hydrogen) atoms. The van der Waals surface area contributed by atoms with Crippen molar-refractivity contribution in [2.75, 3.05) is 25.0 Å². The van der Waals surface area contributed by atoms with E-state index in [4.69, 9.17) is 4.74 Å². The lowest BCUT2D eigenvalue weighted by Crippen LogP contribution is -2.42. The standard InChI is InChI=1S/C14H20BrNO/c1-11-5-12(2)7-13(6-11)9-16-3-4-17-14(8-15)10-16/h5-7,14H,3-4,8-10H2,1-2H3. The van der Waals surface area contributed by atoms with Crippen molar-refractivity contribution in [3.8, 4) is 0 Å². The summed E-state index contributed by atoms with van der Waals surface area (Å²) in [5, 5.41) is 0.927. The third-order valence-electron chi connectivity index (χ3n) is 3.08. The van der Waals surface area contributed by atoms with Crippen LogP contribution in [0, 0.1) is 13.8 Å². The largest absolute Gasteiger partial charge is 0.375 e. The Hall–Kier alpha value is -0.380. The van der Waals surface area contributed by atoms with Gasteiger partial charge in [0.15, 0.2) is 0 Å². The molecule has 0 bridgehead atoms. The Labute approximate surface area is 112 Å². The van der Waals surface area contributed by atoms with Gasteiger partial charge in [0, 0.05) is 25.0 Å². The van der Waals surface area contributed by atoms with Crippen LogP contribution in [0.5, 0.6) is 0 Å². The van der Waals surface area contributed by atoms with E-state index in [0.717, 1.165) is 31.6 Å². The van der Waals surface area contributed by atoms with Crippen molar-refractivity contribution in [3.63, 3.8) is 0 Å². The van der Waals surface area contributed by atoms with Crippen LogP contribution in [0.1, 0.15) is 16.7 Å². The van der Waals surface area contributed by atoms with Gasteiger partial charge in [0.25, 0.3) is 0 Å². The summed E-state index contributed by atoms with van der Waals surface area (Å²) >= 11 is 3.50. The Morgan fingerprint density at radius 3 is 2.65 bits per heavy atom. The Morgan fingerprint density at radius 2 is 2.00 bits per heavy atom. The summed E-state index contributed by atoms with van der Waals surface area (Å²) in [7, 11) is 0. The lowest BCUT2D eigenvalue weighted by Gasteiger charge is -2.32. The van der Waals surface area contributed by atoms with Gasteiger partial charge in [-0.25, -0.2) is 0 Å². The first kappa shape index (κ1) is 13.1. The van der Waals surface area contributed by atoms with Crippen LogP contribution in [-0.4, -0.2) is 36.0 Å². The molecule has 0 saturated carbocycles. The number of alkyl halides is 1. The fourth-order valence-corrected chi connectivity index (χ4v) is 2.83. The van der Waals surface area contributed by atoms with Crippen molar-refractivity contribution >= 4 is 15.9 Å². The Kier molecular flexibility index (Phi) is 4.60. The van der Waals surface area contributed by atoms with E-state index in [0.29, 0.717) is 6.10 Å². The molecule has 0 N–H and O–H groups in total. The van der Waals surface area contributed by atoms with Gasteiger partial charge in [-0.3, -0.25) is 4.90 Å². The summed E-state index contributed by atoms with van der Waals surface area (Å²) in [6.07, 6.45) is 0.342. The normalized spacial score (nSPS) is 21.7. The van der Waals surface area contributed by atoms with E-state index in [1.54, 1.807) is 0 Å². The van der Waals surface area contributed by atoms with Gasteiger partial charge in [-0.15, -0.1) is 0 Å². The fourth-order valence-electron chi connectivity index (χ4n) is 2.44. The van der Waals surface area contributed by atoms with Crippen LogP contribution in [0.3, 0.4) is 0 Å². The predicted octanol–water partition coefficient (Wildman–Crippen LogP) is 2.90. The molecule has 3 heteroatoms. The highest BCUT2D eigenvalue weighted by atomic mass is 79.9. The quantitative estimate of drug-likeness (QED) is 0.796. The van der Waals surface area contributed by atoms with Gasteiger partial charge in [0.1, 0.15) is 0 Å². The molecule has 1 aromatic rings. The lowest BCUT2D eigenvalue weighted by molar-refractivity contribution is -0.0181. The van der Waals surface area contributed by atoms with Crippen LogP contribution in [0.15, 0.2) is 18.2 Å². The van der Waals surface area contributed by atoms with E-state index >= 15 is 0 Å². The summed E-state index contributed by atoms with van der Waals surface area (Å²) in [4.78, 5) is 2.48. The molecule has 1 saturated heterocycles. The lowest BCUT2D eigenvalue weighted by atomic mass is 10.1. The molecule has 0 radical (unpaired) electrons. The molecule has 0 spiro atoms. The van der Waals surface area contributed by atoms with Crippen LogP contribution in [0.2, 0.25) is 0 Å². The predicted molar refractivity (Wildman–Crippen MR) is 74.7 cm³/mol. The second-order valence-corrected chi connectivity index (χ2v) is 5.53. The average molecular weight is 298 g/mol. The van der Waals surface area contributed by atoms with Gasteiger partial charge in [0.2, 0.25) is 0 Å². The molecule has 1 fully saturated rings. The van der Waals surface area contributed by atoms with Crippen molar-refractivity contribution in [1.29, 1.82) is 0 Å². The van der Waals surface area contributed by atoms with Gasteiger partial charge in [-0.1, -0.05) is 45.3 Å². The van der Waals surface area contributed by atoms with Crippen molar-refractivity contribution in [3.05, 3.63) is 34.9 Å². The fraction of sp³-hybridized carbons (Fsp3) is 0.571. The number of rotatable bonds is 3. The first-order valence-corrected chi connectivity index (χ1v) is 7.26. The molecule has 1 atom stereocenters. The number of hydrogen-bond acceptors (Lipinski definition) is 2. The topological polar surface area (TPSA) is 12.5 Å². The van der Waals surface area contributed by atoms with Crippen LogP contribution < -0.4 is 0 Å². The van der Waals surface area contributed by atoms with E-state index < -0.39 is 0 Å². The third kappa shape index (κ3) is 3.80. The Balaban J connectivity index is 2.00. The first-order chi connectivity index (χ1) is 8.17. The number of benzene rings is 1. The number of hydrogen-bond donors (Lipinski definition) is 0. The molecule has 1 aliphatic rings. The molecule has 0 aromatic heterocycles. The highest BCUT2D eigenvalue weighted by Crippen LogP contribution is 2.14. The number of halogens is 1. The van der Waals surface area contributed by atoms with E-state index in [-0.39, 0.29) is 0 Å². The molecule has 0 amide bonds. The molecular formula is C14H20BrNO. The van der Waals surface area contributed by atoms with Gasteiger partial charge in [-0.05, 0) is 19.4 Å². The number of ether oxygens (including phenoxy) is 1. The first-order valence-electron chi connectivity index (χ1n) is 6.14. The van der Waals surface area contributed by atoms with E-state index in [1.807, 2.05) is 0 Å². The number of morpholine rings is 1. The SMILES string of the molecule is Cc1cc(C)cc(CN2CCOC(CBr)C2)c1. The molecule has 2 nitrogen and oxygen atoms in total. The van der Waals surface area contributed by atoms with Crippen LogP contribution >= 0.6 is 15.9 Å². The third-order valence-corrected chi connectivity index (χ3v) is 3.80. The van der Waals surface area contributed by atoms with Gasteiger partial charge in [0.05, 0.1) is 12.7 Å². The van der Waals surface area contributed by atoms with Crippen molar-refractivity contribution in [1.82, 2.24) is 4.90 Å². The van der Waals surface area contributed by atoms with E-state index in [9.17, 15) is 0 Å². The summed E-state index contributed by atoms with van der Waals surface area (Å²) < 4.78 is 5.65. The van der Waals surface area contributed by atoms with Gasteiger partial charge >= 0.3 is 0 Å². The summed E-state index contributed by atoms with van der Waals surface area (Å²) in [5.41, 5.74) is 4.12. The monoisotopic (exact) mass is 297 g/mol. The summed E-state index contributed by atoms with van der Waals surface area (Å²) in [5.74, 6) is 0. The van der Waals surface area contributed by atoms with Gasteiger partial charge in [-0.2, -0.15) is 0 Å². The molecule has 2 rings (SSSR count). The highest BCUT2D eigenvalue weighted by molar-refractivity contribution is 9.09. The second-order valence-electron chi connectivity index (χ2n) is 4.88. The van der Waals surface area contributed by atoms with Crippen molar-refractivity contribution < 1.29 is 4.74 Å². The van der Waals surface area contributed by atoms with Gasteiger partial charge < -0.3 is 4.74 Å². The molecule has 1 heterocycles. The Bertz CT molecular complexity index is 360. The highest BCUT2D eigenvalue weighted by Gasteiger charge is 2.19. The zero-order chi connectivity index (χ0) is 12.3. The minimum absolute atomic E-state index is 0.342. The van der Waals surface area contributed by atoms with Crippen LogP contribution in [0.25, 0.3) is 0 Å². The number of nitrogens with zero attached hydrogens (tertiary/aromatic N) is 1. The van der Waals surface area contributed by atoms with E-state index in [2.05, 4.69) is 52.9 Å². The number of aryl methyl sites for hydroxylation is 2. The zero-order valence-electron chi connectivity index (χ0n) is 10.6. The van der Waals surface area contributed by atoms with Crippen molar-refractivity contribution in [2.24, 2.45) is 0 Å². The minimum atomic E-state index is 0.342. The maximum absolute atomic E-state index is 5.65. The molecule has 94 valence electrons. The molecule has 1 aromatic carbocycles. The Morgan fingerprint density at radius 1 is 1.29 bits per heavy atom. The minimum Gasteiger partial charge on any atom is -0.375 e. The summed E-state index contributed by atoms with van der Waals surface area (Å²) in [6.45, 7) is 8.28. The maximum atomic E-state index is 5.65. The van der Waals surface area contributed by atoms with E-state index in [1.165, 1.54) is 16.7 Å². The molecule has 1 aliphatic heterocycles. The zero-order valence-corrected chi connectivity index (χ0v) is 12.2. The smallest absolute Gasteiger partial charge is 0.0799 e. The average Bonchev–Trinajstić information content (AvgIpc) is 2.28. The molecule has 1 unspecified atom stereocenters. The maximum Gasteiger partial charge on any atom is 0.0799 e.